The predicted molar refractivity (Wildman–Crippen MR) is 60.0 cm³/mol. The second kappa shape index (κ2) is 4.35. The average Bonchev–Trinajstić information content (AvgIpc) is 2.25. The van der Waals surface area contributed by atoms with Crippen LogP contribution in [0.1, 0.15) is 0 Å². The predicted octanol–water partition coefficient (Wildman–Crippen LogP) is 2.72. The molecular weight excluding hydrogens is 204 g/mol. The molecule has 4 heteroatoms. The van der Waals surface area contributed by atoms with E-state index in [0.29, 0.717) is 0 Å². The highest BCUT2D eigenvalue weighted by Crippen LogP contribution is 2.33. The lowest BCUT2D eigenvalue weighted by Crippen LogP contribution is -1.90. The van der Waals surface area contributed by atoms with Crippen LogP contribution >= 0.6 is 24.2 Å². The van der Waals surface area contributed by atoms with Crippen LogP contribution in [-0.2, 0) is 0 Å². The molecule has 0 aromatic heterocycles. The fourth-order valence-electron chi connectivity index (χ4n) is 1.00. The number of nitrogens with two attached hydrogens (primary N) is 1. The smallest absolute Gasteiger partial charge is 0.0769 e. The highest BCUT2D eigenvalue weighted by atomic mass is 35.5. The molecule has 13 heavy (non-hydrogen) atoms. The van der Waals surface area contributed by atoms with Crippen LogP contribution in [0.2, 0.25) is 0 Å². The van der Waals surface area contributed by atoms with Crippen LogP contribution in [0.15, 0.2) is 45.3 Å². The summed E-state index contributed by atoms with van der Waals surface area (Å²) in [5, 5.41) is 0.781. The van der Waals surface area contributed by atoms with E-state index in [4.69, 9.17) is 5.73 Å². The standard InChI is InChI=1S/C9H8N2S.ClH/c10-9-5-6-11-7-3-1-2-4-8(7)12-9;/h1-6H,10H2;1H. The number of hydrogen-bond acceptors (Lipinski definition) is 3. The van der Waals surface area contributed by atoms with Crippen LogP contribution in [0.25, 0.3) is 0 Å². The minimum atomic E-state index is 0. The number of fused-ring (bicyclic) bond motifs is 1. The van der Waals surface area contributed by atoms with Crippen LogP contribution in [0.4, 0.5) is 5.69 Å². The second-order valence-electron chi connectivity index (χ2n) is 2.42. The van der Waals surface area contributed by atoms with Gasteiger partial charge in [-0.1, -0.05) is 23.9 Å². The zero-order valence-electron chi connectivity index (χ0n) is 6.81. The van der Waals surface area contributed by atoms with E-state index in [9.17, 15) is 0 Å². The first kappa shape index (κ1) is 10.2. The number of halogens is 1. The zero-order valence-corrected chi connectivity index (χ0v) is 8.44. The molecule has 0 radical (unpaired) electrons. The SMILES string of the molecule is Cl.NC1=CC=Nc2ccccc2S1. The molecular formula is C9H9ClN2S. The van der Waals surface area contributed by atoms with Gasteiger partial charge in [0.25, 0.3) is 0 Å². The van der Waals surface area contributed by atoms with Gasteiger partial charge in [-0.15, -0.1) is 12.4 Å². The number of aliphatic imine (C=N–C) groups is 1. The lowest BCUT2D eigenvalue weighted by molar-refractivity contribution is 1.39. The third-order valence-corrected chi connectivity index (χ3v) is 2.48. The molecule has 1 aromatic rings. The van der Waals surface area contributed by atoms with Crippen molar-refractivity contribution in [3.05, 3.63) is 35.4 Å². The van der Waals surface area contributed by atoms with Gasteiger partial charge in [-0.05, 0) is 18.2 Å². The second-order valence-corrected chi connectivity index (χ2v) is 3.53. The maximum atomic E-state index is 5.68. The normalized spacial score (nSPS) is 13.7. The molecule has 1 aliphatic rings. The molecule has 2 rings (SSSR count). The summed E-state index contributed by atoms with van der Waals surface area (Å²) in [6, 6.07) is 7.95. The van der Waals surface area contributed by atoms with E-state index < -0.39 is 0 Å². The number of nitrogens with zero attached hydrogens (tertiary/aromatic N) is 1. The molecule has 0 saturated heterocycles. The summed E-state index contributed by atoms with van der Waals surface area (Å²) in [6.45, 7) is 0. The maximum absolute atomic E-state index is 5.68. The van der Waals surface area contributed by atoms with Crippen molar-refractivity contribution >= 4 is 36.1 Å². The third kappa shape index (κ3) is 2.26. The van der Waals surface area contributed by atoms with Crippen molar-refractivity contribution in [2.24, 2.45) is 10.7 Å². The number of rotatable bonds is 0. The largest absolute Gasteiger partial charge is 0.393 e. The van der Waals surface area contributed by atoms with Crippen molar-refractivity contribution in [3.63, 3.8) is 0 Å². The first-order valence-electron chi connectivity index (χ1n) is 3.63. The Hall–Kier alpha value is -0.930. The van der Waals surface area contributed by atoms with Crippen molar-refractivity contribution in [2.75, 3.05) is 0 Å². The minimum absolute atomic E-state index is 0. The van der Waals surface area contributed by atoms with Crippen LogP contribution < -0.4 is 5.73 Å². The topological polar surface area (TPSA) is 38.4 Å². The molecule has 1 aromatic carbocycles. The fourth-order valence-corrected chi connectivity index (χ4v) is 1.76. The highest BCUT2D eigenvalue weighted by Gasteiger charge is 2.03. The first-order chi connectivity index (χ1) is 5.86. The highest BCUT2D eigenvalue weighted by molar-refractivity contribution is 8.03. The summed E-state index contributed by atoms with van der Waals surface area (Å²) in [4.78, 5) is 5.35. The van der Waals surface area contributed by atoms with E-state index in [0.717, 1.165) is 15.6 Å². The molecule has 0 fully saturated rings. The third-order valence-electron chi connectivity index (χ3n) is 1.55. The van der Waals surface area contributed by atoms with E-state index in [2.05, 4.69) is 4.99 Å². The van der Waals surface area contributed by atoms with Gasteiger partial charge >= 0.3 is 0 Å². The van der Waals surface area contributed by atoms with E-state index in [1.54, 1.807) is 18.0 Å². The van der Waals surface area contributed by atoms with Crippen LogP contribution in [-0.4, -0.2) is 6.21 Å². The lowest BCUT2D eigenvalue weighted by Gasteiger charge is -2.00. The molecule has 0 unspecified atom stereocenters. The molecule has 0 aliphatic carbocycles. The van der Waals surface area contributed by atoms with Crippen LogP contribution in [0, 0.1) is 0 Å². The van der Waals surface area contributed by atoms with E-state index in [1.807, 2.05) is 30.3 Å². The monoisotopic (exact) mass is 212 g/mol. The Labute approximate surface area is 87.3 Å². The zero-order chi connectivity index (χ0) is 8.39. The maximum Gasteiger partial charge on any atom is 0.0769 e. The molecule has 2 nitrogen and oxygen atoms in total. The Morgan fingerprint density at radius 3 is 2.85 bits per heavy atom. The number of hydrogen-bond donors (Lipinski definition) is 1. The van der Waals surface area contributed by atoms with E-state index in [1.165, 1.54) is 0 Å². The van der Waals surface area contributed by atoms with Crippen molar-refractivity contribution in [3.8, 4) is 0 Å². The molecule has 2 N–H and O–H groups in total. The van der Waals surface area contributed by atoms with Gasteiger partial charge in [0, 0.05) is 11.1 Å². The Balaban J connectivity index is 0.000000845. The van der Waals surface area contributed by atoms with Crippen molar-refractivity contribution in [1.82, 2.24) is 0 Å². The summed E-state index contributed by atoms with van der Waals surface area (Å²) >= 11 is 1.55. The van der Waals surface area contributed by atoms with Crippen molar-refractivity contribution in [2.45, 2.75) is 4.90 Å². The molecule has 0 amide bonds. The summed E-state index contributed by atoms with van der Waals surface area (Å²) in [5.41, 5.74) is 6.67. The van der Waals surface area contributed by atoms with Crippen LogP contribution in [0.5, 0.6) is 0 Å². The number of allylic oxidation sites excluding steroid dienone is 1. The summed E-state index contributed by atoms with van der Waals surface area (Å²) in [7, 11) is 0. The van der Waals surface area contributed by atoms with Gasteiger partial charge < -0.3 is 5.73 Å². The van der Waals surface area contributed by atoms with Gasteiger partial charge in [0.05, 0.1) is 10.7 Å². The first-order valence-corrected chi connectivity index (χ1v) is 4.44. The van der Waals surface area contributed by atoms with E-state index in [-0.39, 0.29) is 12.4 Å². The quantitative estimate of drug-likeness (QED) is 0.718. The summed E-state index contributed by atoms with van der Waals surface area (Å²) in [6.07, 6.45) is 3.54. The van der Waals surface area contributed by atoms with Gasteiger partial charge in [-0.2, -0.15) is 0 Å². The minimum Gasteiger partial charge on any atom is -0.393 e. The molecule has 1 heterocycles. The molecule has 68 valence electrons. The van der Waals surface area contributed by atoms with Gasteiger partial charge in [0.15, 0.2) is 0 Å². The van der Waals surface area contributed by atoms with Crippen molar-refractivity contribution in [1.29, 1.82) is 0 Å². The average molecular weight is 213 g/mol. The molecule has 0 bridgehead atoms. The Morgan fingerprint density at radius 2 is 2.00 bits per heavy atom. The fraction of sp³-hybridized carbons (Fsp3) is 0. The number of para-hydroxylation sites is 1. The van der Waals surface area contributed by atoms with Gasteiger partial charge in [0.1, 0.15) is 0 Å². The van der Waals surface area contributed by atoms with E-state index >= 15 is 0 Å². The van der Waals surface area contributed by atoms with Crippen LogP contribution in [0.3, 0.4) is 0 Å². The molecule has 0 spiro atoms. The van der Waals surface area contributed by atoms with Gasteiger partial charge in [0.2, 0.25) is 0 Å². The number of benzene rings is 1. The summed E-state index contributed by atoms with van der Waals surface area (Å²) < 4.78 is 0. The Kier molecular flexibility index (Phi) is 3.39. The van der Waals surface area contributed by atoms with Gasteiger partial charge in [-0.25, -0.2) is 0 Å². The van der Waals surface area contributed by atoms with Crippen molar-refractivity contribution < 1.29 is 0 Å². The molecule has 1 aliphatic heterocycles. The Morgan fingerprint density at radius 1 is 1.23 bits per heavy atom. The number of thioether (sulfide) groups is 1. The summed E-state index contributed by atoms with van der Waals surface area (Å²) in [5.74, 6) is 0. The van der Waals surface area contributed by atoms with Gasteiger partial charge in [-0.3, -0.25) is 4.99 Å². The lowest BCUT2D eigenvalue weighted by atomic mass is 10.3. The molecule has 0 saturated carbocycles. The Bertz CT molecular complexity index is 360. The molecule has 0 atom stereocenters.